The Balaban J connectivity index is 1.34. The van der Waals surface area contributed by atoms with E-state index in [0.717, 1.165) is 18.4 Å². The van der Waals surface area contributed by atoms with Crippen molar-refractivity contribution in [2.24, 2.45) is 0 Å². The average molecular weight is 339 g/mol. The molecule has 3 aromatic rings. The first-order chi connectivity index (χ1) is 12.2. The van der Waals surface area contributed by atoms with Crippen LogP contribution in [0.15, 0.2) is 47.1 Å². The van der Waals surface area contributed by atoms with E-state index in [1.54, 1.807) is 16.9 Å². The Hall–Kier alpha value is -3.00. The summed E-state index contributed by atoms with van der Waals surface area (Å²) in [5.41, 5.74) is 2.08. The Morgan fingerprint density at radius 1 is 1.32 bits per heavy atom. The van der Waals surface area contributed by atoms with Crippen LogP contribution in [0.4, 0.5) is 0 Å². The van der Waals surface area contributed by atoms with E-state index in [9.17, 15) is 4.79 Å². The van der Waals surface area contributed by atoms with Crippen molar-refractivity contribution in [2.75, 3.05) is 0 Å². The lowest BCUT2D eigenvalue weighted by atomic mass is 9.87. The van der Waals surface area contributed by atoms with Crippen LogP contribution in [0.1, 0.15) is 35.1 Å². The second kappa shape index (κ2) is 6.48. The predicted octanol–water partition coefficient (Wildman–Crippen LogP) is 1.56. The molecule has 2 aromatic heterocycles. The van der Waals surface area contributed by atoms with Crippen molar-refractivity contribution in [3.63, 3.8) is 0 Å². The standard InChI is InChI=1S/C17H17N5O3/c23-10-13-9-22(21-19-13)14-6-12(7-14)18-17(24)16-8-15(20-25-16)11-4-2-1-3-5-11/h1-5,8-9,12,14,23H,6-7,10H2,(H,18,24)/t12-,14+. The average Bonchev–Trinajstić information content (AvgIpc) is 3.27. The van der Waals surface area contributed by atoms with E-state index in [1.165, 1.54) is 0 Å². The molecule has 1 saturated carbocycles. The minimum absolute atomic E-state index is 0.0598. The third-order valence-corrected chi connectivity index (χ3v) is 4.35. The van der Waals surface area contributed by atoms with Gasteiger partial charge in [-0.2, -0.15) is 0 Å². The van der Waals surface area contributed by atoms with Crippen LogP contribution in [-0.2, 0) is 6.61 Å². The Bertz CT molecular complexity index is 867. The molecule has 128 valence electrons. The topological polar surface area (TPSA) is 106 Å². The van der Waals surface area contributed by atoms with Crippen LogP contribution in [0.3, 0.4) is 0 Å². The first kappa shape index (κ1) is 15.5. The minimum atomic E-state index is -0.271. The van der Waals surface area contributed by atoms with Crippen molar-refractivity contribution in [1.82, 2.24) is 25.5 Å². The molecule has 8 heteroatoms. The fourth-order valence-corrected chi connectivity index (χ4v) is 2.87. The summed E-state index contributed by atoms with van der Waals surface area (Å²) in [6.07, 6.45) is 3.25. The maximum absolute atomic E-state index is 12.3. The highest BCUT2D eigenvalue weighted by atomic mass is 16.5. The summed E-state index contributed by atoms with van der Waals surface area (Å²) >= 11 is 0. The van der Waals surface area contributed by atoms with E-state index in [4.69, 9.17) is 9.63 Å². The second-order valence-electron chi connectivity index (χ2n) is 6.09. The van der Waals surface area contributed by atoms with E-state index < -0.39 is 0 Å². The Morgan fingerprint density at radius 2 is 2.12 bits per heavy atom. The molecular weight excluding hydrogens is 322 g/mol. The van der Waals surface area contributed by atoms with Gasteiger partial charge in [-0.1, -0.05) is 40.7 Å². The fourth-order valence-electron chi connectivity index (χ4n) is 2.87. The van der Waals surface area contributed by atoms with E-state index in [2.05, 4.69) is 20.8 Å². The van der Waals surface area contributed by atoms with Crippen molar-refractivity contribution in [3.05, 3.63) is 54.0 Å². The molecule has 1 fully saturated rings. The summed E-state index contributed by atoms with van der Waals surface area (Å²) in [5, 5.41) is 23.7. The van der Waals surface area contributed by atoms with Gasteiger partial charge >= 0.3 is 0 Å². The summed E-state index contributed by atoms with van der Waals surface area (Å²) < 4.78 is 6.89. The number of hydrogen-bond acceptors (Lipinski definition) is 6. The molecule has 0 aliphatic heterocycles. The van der Waals surface area contributed by atoms with Gasteiger partial charge in [0.15, 0.2) is 0 Å². The molecule has 0 unspecified atom stereocenters. The highest BCUT2D eigenvalue weighted by Crippen LogP contribution is 2.31. The zero-order valence-corrected chi connectivity index (χ0v) is 13.4. The van der Waals surface area contributed by atoms with Gasteiger partial charge in [-0.25, -0.2) is 4.68 Å². The molecular formula is C17H17N5O3. The van der Waals surface area contributed by atoms with Gasteiger partial charge < -0.3 is 14.9 Å². The molecule has 2 heterocycles. The lowest BCUT2D eigenvalue weighted by Crippen LogP contribution is -2.45. The van der Waals surface area contributed by atoms with Crippen LogP contribution in [0.5, 0.6) is 0 Å². The quantitative estimate of drug-likeness (QED) is 0.731. The van der Waals surface area contributed by atoms with Crippen LogP contribution in [-0.4, -0.2) is 37.2 Å². The lowest BCUT2D eigenvalue weighted by Gasteiger charge is -2.35. The summed E-state index contributed by atoms with van der Waals surface area (Å²) in [7, 11) is 0. The normalized spacial score (nSPS) is 19.4. The van der Waals surface area contributed by atoms with Crippen LogP contribution in [0.25, 0.3) is 11.3 Å². The number of benzene rings is 1. The van der Waals surface area contributed by atoms with Gasteiger partial charge in [0.25, 0.3) is 5.91 Å². The largest absolute Gasteiger partial charge is 0.390 e. The summed E-state index contributed by atoms with van der Waals surface area (Å²) in [4.78, 5) is 12.3. The summed E-state index contributed by atoms with van der Waals surface area (Å²) in [6.45, 7) is -0.123. The number of carbonyl (C=O) groups excluding carboxylic acids is 1. The highest BCUT2D eigenvalue weighted by Gasteiger charge is 2.33. The monoisotopic (exact) mass is 339 g/mol. The molecule has 0 atom stereocenters. The molecule has 25 heavy (non-hydrogen) atoms. The van der Waals surface area contributed by atoms with Gasteiger partial charge in [0.1, 0.15) is 11.4 Å². The first-order valence-corrected chi connectivity index (χ1v) is 8.07. The van der Waals surface area contributed by atoms with E-state index >= 15 is 0 Å². The Morgan fingerprint density at radius 3 is 2.84 bits per heavy atom. The number of carbonyl (C=O) groups is 1. The molecule has 8 nitrogen and oxygen atoms in total. The van der Waals surface area contributed by atoms with Gasteiger partial charge in [-0.3, -0.25) is 4.79 Å². The van der Waals surface area contributed by atoms with E-state index in [1.807, 2.05) is 30.3 Å². The number of aromatic nitrogens is 4. The van der Waals surface area contributed by atoms with Gasteiger partial charge in [0.05, 0.1) is 18.8 Å². The fraction of sp³-hybridized carbons (Fsp3) is 0.294. The smallest absolute Gasteiger partial charge is 0.290 e. The van der Waals surface area contributed by atoms with Crippen molar-refractivity contribution in [3.8, 4) is 11.3 Å². The maximum Gasteiger partial charge on any atom is 0.290 e. The minimum Gasteiger partial charge on any atom is -0.390 e. The predicted molar refractivity (Wildman–Crippen MR) is 87.4 cm³/mol. The molecule has 0 bridgehead atoms. The molecule has 1 amide bonds. The number of rotatable bonds is 5. The molecule has 0 spiro atoms. The lowest BCUT2D eigenvalue weighted by molar-refractivity contribution is 0.0850. The Labute approximate surface area is 143 Å². The number of aliphatic hydroxyl groups excluding tert-OH is 1. The molecule has 0 saturated heterocycles. The van der Waals surface area contributed by atoms with Gasteiger partial charge in [-0.15, -0.1) is 5.10 Å². The first-order valence-electron chi connectivity index (χ1n) is 8.07. The third-order valence-electron chi connectivity index (χ3n) is 4.35. The second-order valence-corrected chi connectivity index (χ2v) is 6.09. The molecule has 1 aliphatic rings. The van der Waals surface area contributed by atoms with Crippen LogP contribution >= 0.6 is 0 Å². The molecule has 1 aromatic carbocycles. The van der Waals surface area contributed by atoms with Crippen LogP contribution < -0.4 is 5.32 Å². The zero-order valence-electron chi connectivity index (χ0n) is 13.4. The number of nitrogens with zero attached hydrogens (tertiary/aromatic N) is 4. The van der Waals surface area contributed by atoms with Crippen molar-refractivity contribution in [1.29, 1.82) is 0 Å². The van der Waals surface area contributed by atoms with E-state index in [-0.39, 0.29) is 30.4 Å². The number of hydrogen-bond donors (Lipinski definition) is 2. The van der Waals surface area contributed by atoms with Gasteiger partial charge in [0.2, 0.25) is 5.76 Å². The van der Waals surface area contributed by atoms with Crippen molar-refractivity contribution in [2.45, 2.75) is 31.5 Å². The van der Waals surface area contributed by atoms with Crippen LogP contribution in [0.2, 0.25) is 0 Å². The van der Waals surface area contributed by atoms with Crippen molar-refractivity contribution >= 4 is 5.91 Å². The number of amides is 1. The van der Waals surface area contributed by atoms with Gasteiger partial charge in [-0.05, 0) is 12.8 Å². The third kappa shape index (κ3) is 3.16. The number of nitrogens with one attached hydrogen (secondary N) is 1. The maximum atomic E-state index is 12.3. The van der Waals surface area contributed by atoms with E-state index in [0.29, 0.717) is 11.4 Å². The molecule has 2 N–H and O–H groups in total. The summed E-state index contributed by atoms with van der Waals surface area (Å²) in [5.74, 6) is -0.0709. The molecule has 1 aliphatic carbocycles. The molecule has 0 radical (unpaired) electrons. The SMILES string of the molecule is O=C(N[C@H]1C[C@@H](n2cc(CO)nn2)C1)c1cc(-c2ccccc2)no1. The van der Waals surface area contributed by atoms with Gasteiger partial charge in [0, 0.05) is 17.7 Å². The summed E-state index contributed by atoms with van der Waals surface area (Å²) in [6, 6.07) is 11.4. The van der Waals surface area contributed by atoms with Crippen molar-refractivity contribution < 1.29 is 14.4 Å². The Kier molecular flexibility index (Phi) is 4.02. The zero-order chi connectivity index (χ0) is 17.2. The number of aliphatic hydroxyl groups is 1. The highest BCUT2D eigenvalue weighted by molar-refractivity contribution is 5.92. The molecule has 4 rings (SSSR count). The van der Waals surface area contributed by atoms with Crippen LogP contribution in [0, 0.1) is 0 Å².